The molecular weight excluding hydrogens is 279 g/mol. The summed E-state index contributed by atoms with van der Waals surface area (Å²) in [7, 11) is 0. The summed E-state index contributed by atoms with van der Waals surface area (Å²) in [5.74, 6) is -1.31. The maximum Gasteiger partial charge on any atom is 0.251 e. The summed E-state index contributed by atoms with van der Waals surface area (Å²) in [6.45, 7) is 4.33. The second-order valence-corrected chi connectivity index (χ2v) is 4.97. The van der Waals surface area contributed by atoms with Crippen molar-refractivity contribution in [2.24, 2.45) is 5.73 Å². The first-order valence-corrected chi connectivity index (χ1v) is 7.15. The molecule has 0 saturated heterocycles. The number of H-pyrrole nitrogens is 1. The number of amides is 1. The number of primary amides is 1. The predicted octanol–water partition coefficient (Wildman–Crippen LogP) is 3.96. The Bertz CT molecular complexity index is 793. The molecule has 0 radical (unpaired) electrons. The maximum absolute atomic E-state index is 12.5. The van der Waals surface area contributed by atoms with Gasteiger partial charge in [-0.05, 0) is 37.1 Å². The van der Waals surface area contributed by atoms with Crippen LogP contribution < -0.4 is 5.73 Å². The summed E-state index contributed by atoms with van der Waals surface area (Å²) in [5.41, 5.74) is 8.78. The second kappa shape index (κ2) is 6.89. The van der Waals surface area contributed by atoms with Crippen LogP contribution in [0.4, 0.5) is 4.39 Å². The predicted molar refractivity (Wildman–Crippen MR) is 87.3 cm³/mol. The normalized spacial score (nSPS) is 10.1. The zero-order chi connectivity index (χ0) is 16.1. The number of nitrogens with one attached hydrogen (secondary N) is 1. The van der Waals surface area contributed by atoms with Crippen LogP contribution in [-0.2, 0) is 6.42 Å². The lowest BCUT2D eigenvalue weighted by atomic mass is 10.1. The third-order valence-electron chi connectivity index (χ3n) is 3.52. The van der Waals surface area contributed by atoms with Crippen molar-refractivity contribution in [3.8, 4) is 0 Å². The van der Waals surface area contributed by atoms with Gasteiger partial charge < -0.3 is 10.7 Å². The molecule has 3 N–H and O–H groups in total. The van der Waals surface area contributed by atoms with Gasteiger partial charge in [0, 0.05) is 16.6 Å². The van der Waals surface area contributed by atoms with Crippen molar-refractivity contribution in [3.63, 3.8) is 0 Å². The summed E-state index contributed by atoms with van der Waals surface area (Å²) in [6, 6.07) is 14.1. The third kappa shape index (κ3) is 3.34. The minimum absolute atomic E-state index is 0.0671. The van der Waals surface area contributed by atoms with Gasteiger partial charge in [0.25, 0.3) is 5.91 Å². The highest BCUT2D eigenvalue weighted by Gasteiger charge is 2.04. The highest BCUT2D eigenvalue weighted by atomic mass is 19.1. The van der Waals surface area contributed by atoms with Crippen molar-refractivity contribution in [2.75, 3.05) is 0 Å². The van der Waals surface area contributed by atoms with E-state index in [2.05, 4.69) is 43.1 Å². The maximum atomic E-state index is 12.5. The molecule has 3 nitrogen and oxygen atoms in total. The fourth-order valence-corrected chi connectivity index (χ4v) is 2.45. The minimum Gasteiger partial charge on any atom is -0.366 e. The smallest absolute Gasteiger partial charge is 0.251 e. The summed E-state index contributed by atoms with van der Waals surface area (Å²) in [5, 5.41) is 1.37. The van der Waals surface area contributed by atoms with Gasteiger partial charge in [0.15, 0.2) is 0 Å². The third-order valence-corrected chi connectivity index (χ3v) is 3.52. The van der Waals surface area contributed by atoms with Crippen LogP contribution in [0.1, 0.15) is 28.5 Å². The van der Waals surface area contributed by atoms with E-state index in [9.17, 15) is 9.18 Å². The van der Waals surface area contributed by atoms with Gasteiger partial charge in [0.05, 0.1) is 5.56 Å². The molecule has 1 heterocycles. The molecule has 0 aliphatic rings. The number of fused-ring (bicyclic) bond motifs is 1. The van der Waals surface area contributed by atoms with Gasteiger partial charge in [0.1, 0.15) is 5.82 Å². The summed E-state index contributed by atoms with van der Waals surface area (Å²) < 4.78 is 12.5. The summed E-state index contributed by atoms with van der Waals surface area (Å²) in [4.78, 5) is 13.8. The lowest BCUT2D eigenvalue weighted by Crippen LogP contribution is -2.12. The van der Waals surface area contributed by atoms with Gasteiger partial charge >= 0.3 is 0 Å². The number of aromatic amines is 1. The van der Waals surface area contributed by atoms with E-state index in [1.165, 1.54) is 40.4 Å². The van der Waals surface area contributed by atoms with E-state index in [0.717, 1.165) is 6.42 Å². The van der Waals surface area contributed by atoms with E-state index in [1.54, 1.807) is 6.07 Å². The van der Waals surface area contributed by atoms with Crippen molar-refractivity contribution in [3.05, 3.63) is 71.2 Å². The van der Waals surface area contributed by atoms with Crippen LogP contribution in [0.5, 0.6) is 0 Å². The van der Waals surface area contributed by atoms with Crippen LogP contribution >= 0.6 is 0 Å². The van der Waals surface area contributed by atoms with E-state index in [1.807, 2.05) is 0 Å². The average molecular weight is 298 g/mol. The molecule has 0 aliphatic carbocycles. The second-order valence-electron chi connectivity index (χ2n) is 4.97. The first-order valence-electron chi connectivity index (χ1n) is 7.15. The fraction of sp³-hybridized carbons (Fsp3) is 0.167. The SMILES string of the molecule is CCc1c(C)[nH]c2ccccc12.NC(=O)c1ccccc1F. The number of carbonyl (C=O) groups is 1. The Morgan fingerprint density at radius 3 is 2.36 bits per heavy atom. The van der Waals surface area contributed by atoms with E-state index < -0.39 is 11.7 Å². The Balaban J connectivity index is 0.000000164. The lowest BCUT2D eigenvalue weighted by molar-refractivity contribution is 0.0996. The molecule has 0 aliphatic heterocycles. The number of carbonyl (C=O) groups excluding carboxylic acids is 1. The monoisotopic (exact) mass is 298 g/mol. The average Bonchev–Trinajstić information content (AvgIpc) is 2.83. The van der Waals surface area contributed by atoms with Gasteiger partial charge in [-0.1, -0.05) is 37.3 Å². The molecule has 114 valence electrons. The number of hydrogen-bond acceptors (Lipinski definition) is 1. The Hall–Kier alpha value is -2.62. The quantitative estimate of drug-likeness (QED) is 0.739. The van der Waals surface area contributed by atoms with Gasteiger partial charge in [-0.15, -0.1) is 0 Å². The van der Waals surface area contributed by atoms with Gasteiger partial charge in [-0.25, -0.2) is 4.39 Å². The molecule has 0 fully saturated rings. The molecule has 22 heavy (non-hydrogen) atoms. The van der Waals surface area contributed by atoms with E-state index in [-0.39, 0.29) is 5.56 Å². The van der Waals surface area contributed by atoms with Gasteiger partial charge in [-0.2, -0.15) is 0 Å². The Kier molecular flexibility index (Phi) is 4.94. The number of nitrogens with two attached hydrogens (primary N) is 1. The van der Waals surface area contributed by atoms with Crippen LogP contribution in [0.3, 0.4) is 0 Å². The number of rotatable bonds is 2. The summed E-state index contributed by atoms with van der Waals surface area (Å²) >= 11 is 0. The zero-order valence-electron chi connectivity index (χ0n) is 12.7. The summed E-state index contributed by atoms with van der Waals surface area (Å²) in [6.07, 6.45) is 1.11. The van der Waals surface area contributed by atoms with Crippen LogP contribution in [0.15, 0.2) is 48.5 Å². The highest BCUT2D eigenvalue weighted by molar-refractivity contribution is 5.92. The molecule has 3 rings (SSSR count). The van der Waals surface area contributed by atoms with Crippen LogP contribution in [-0.4, -0.2) is 10.9 Å². The van der Waals surface area contributed by atoms with Gasteiger partial charge in [0.2, 0.25) is 0 Å². The number of halogens is 1. The van der Waals surface area contributed by atoms with Gasteiger partial charge in [-0.3, -0.25) is 4.79 Å². The molecule has 0 unspecified atom stereocenters. The minimum atomic E-state index is -0.738. The van der Waals surface area contributed by atoms with Crippen molar-refractivity contribution < 1.29 is 9.18 Å². The molecule has 0 saturated carbocycles. The van der Waals surface area contributed by atoms with Crippen LogP contribution in [0, 0.1) is 12.7 Å². The fourth-order valence-electron chi connectivity index (χ4n) is 2.45. The zero-order valence-corrected chi connectivity index (χ0v) is 12.7. The molecule has 0 bridgehead atoms. The molecule has 3 aromatic rings. The first-order chi connectivity index (χ1) is 10.5. The molecule has 1 aromatic heterocycles. The van der Waals surface area contributed by atoms with E-state index >= 15 is 0 Å². The standard InChI is InChI=1S/C11H13N.C7H6FNO/c1-3-9-8(2)12-11-7-5-4-6-10(9)11;8-6-4-2-1-3-5(6)7(9)10/h4-7,12H,3H2,1-2H3;1-4H,(H2,9,10). The van der Waals surface area contributed by atoms with Crippen LogP contribution in [0.2, 0.25) is 0 Å². The molecule has 0 atom stereocenters. The van der Waals surface area contributed by atoms with E-state index in [4.69, 9.17) is 5.73 Å². The van der Waals surface area contributed by atoms with Crippen molar-refractivity contribution in [1.29, 1.82) is 0 Å². The van der Waals surface area contributed by atoms with Crippen molar-refractivity contribution >= 4 is 16.8 Å². The number of para-hydroxylation sites is 1. The number of aromatic nitrogens is 1. The van der Waals surface area contributed by atoms with Crippen molar-refractivity contribution in [2.45, 2.75) is 20.3 Å². The largest absolute Gasteiger partial charge is 0.366 e. The Morgan fingerprint density at radius 1 is 1.14 bits per heavy atom. The molecule has 2 aromatic carbocycles. The van der Waals surface area contributed by atoms with E-state index in [0.29, 0.717) is 0 Å². The van der Waals surface area contributed by atoms with Crippen LogP contribution in [0.25, 0.3) is 10.9 Å². The molecule has 0 spiro atoms. The molecule has 4 heteroatoms. The Morgan fingerprint density at radius 2 is 1.77 bits per heavy atom. The first kappa shape index (κ1) is 15.8. The number of benzene rings is 2. The molecule has 1 amide bonds. The number of hydrogen-bond donors (Lipinski definition) is 2. The highest BCUT2D eigenvalue weighted by Crippen LogP contribution is 2.21. The number of aryl methyl sites for hydroxylation is 2. The van der Waals surface area contributed by atoms with Crippen molar-refractivity contribution in [1.82, 2.24) is 4.98 Å². The lowest BCUT2D eigenvalue weighted by Gasteiger charge is -1.94. The Labute approximate surface area is 129 Å². The molecular formula is C18H19FN2O. The topological polar surface area (TPSA) is 58.9 Å².